The molecule has 3 N–H and O–H groups in total. The van der Waals surface area contributed by atoms with Gasteiger partial charge in [-0.2, -0.15) is 0 Å². The van der Waals surface area contributed by atoms with Crippen LogP contribution in [0.1, 0.15) is 12.8 Å². The van der Waals surface area contributed by atoms with E-state index in [1.54, 1.807) is 12.1 Å². The molecule has 19 heavy (non-hydrogen) atoms. The number of piperidine rings is 1. The van der Waals surface area contributed by atoms with E-state index in [2.05, 4.69) is 5.32 Å². The van der Waals surface area contributed by atoms with Gasteiger partial charge in [-0.05, 0) is 12.1 Å². The maximum atomic E-state index is 11.5. The van der Waals surface area contributed by atoms with Crippen LogP contribution in [0.3, 0.4) is 0 Å². The van der Waals surface area contributed by atoms with Crippen molar-refractivity contribution < 1.29 is 23.9 Å². The van der Waals surface area contributed by atoms with Gasteiger partial charge >= 0.3 is 6.09 Å². The molecule has 1 aliphatic heterocycles. The standard InChI is InChI=1S/C12H12N2O5/c13-12(17)19-8-3-1-2-7(6-8)18-9-4-5-10(15)14-11(9)16/h1-3,6,9H,4-5H2,(H2,13,17)(H,14,15,16). The molecule has 0 aromatic heterocycles. The summed E-state index contributed by atoms with van der Waals surface area (Å²) in [7, 11) is 0. The van der Waals surface area contributed by atoms with E-state index in [-0.39, 0.29) is 18.1 Å². The molecule has 1 aliphatic rings. The normalized spacial score (nSPS) is 18.6. The Bertz CT molecular complexity index is 529. The van der Waals surface area contributed by atoms with Gasteiger partial charge in [-0.25, -0.2) is 4.79 Å². The van der Waals surface area contributed by atoms with Gasteiger partial charge in [-0.15, -0.1) is 0 Å². The second-order valence-electron chi connectivity index (χ2n) is 3.95. The van der Waals surface area contributed by atoms with Crippen molar-refractivity contribution in [1.29, 1.82) is 0 Å². The van der Waals surface area contributed by atoms with Crippen molar-refractivity contribution in [2.24, 2.45) is 5.73 Å². The summed E-state index contributed by atoms with van der Waals surface area (Å²) in [6.45, 7) is 0. The van der Waals surface area contributed by atoms with Crippen LogP contribution in [-0.2, 0) is 9.59 Å². The Balaban J connectivity index is 2.04. The van der Waals surface area contributed by atoms with Crippen LogP contribution < -0.4 is 20.5 Å². The molecular formula is C12H12N2O5. The smallest absolute Gasteiger partial charge is 0.409 e. The van der Waals surface area contributed by atoms with Gasteiger partial charge in [0.2, 0.25) is 5.91 Å². The number of benzene rings is 1. The Labute approximate surface area is 108 Å². The van der Waals surface area contributed by atoms with Gasteiger partial charge in [0.1, 0.15) is 11.5 Å². The summed E-state index contributed by atoms with van der Waals surface area (Å²) >= 11 is 0. The third-order valence-corrected chi connectivity index (χ3v) is 2.49. The summed E-state index contributed by atoms with van der Waals surface area (Å²) in [5, 5.41) is 2.19. The van der Waals surface area contributed by atoms with Crippen LogP contribution in [0.5, 0.6) is 11.5 Å². The number of carbonyl (C=O) groups is 3. The molecule has 1 heterocycles. The molecule has 0 spiro atoms. The zero-order valence-corrected chi connectivity index (χ0v) is 9.92. The fraction of sp³-hybridized carbons (Fsp3) is 0.250. The lowest BCUT2D eigenvalue weighted by Crippen LogP contribution is -2.46. The highest BCUT2D eigenvalue weighted by molar-refractivity contribution is 5.99. The van der Waals surface area contributed by atoms with E-state index >= 15 is 0 Å². The summed E-state index contributed by atoms with van der Waals surface area (Å²) in [5.41, 5.74) is 4.89. The van der Waals surface area contributed by atoms with Crippen LogP contribution in [0.2, 0.25) is 0 Å². The van der Waals surface area contributed by atoms with Gasteiger partial charge in [-0.1, -0.05) is 6.07 Å². The van der Waals surface area contributed by atoms with Gasteiger partial charge < -0.3 is 15.2 Å². The van der Waals surface area contributed by atoms with Crippen LogP contribution in [0, 0.1) is 0 Å². The van der Waals surface area contributed by atoms with E-state index in [0.29, 0.717) is 12.2 Å². The van der Waals surface area contributed by atoms with E-state index in [0.717, 1.165) is 0 Å². The topological polar surface area (TPSA) is 108 Å². The fourth-order valence-corrected chi connectivity index (χ4v) is 1.68. The van der Waals surface area contributed by atoms with Crippen molar-refractivity contribution in [2.45, 2.75) is 18.9 Å². The number of primary amides is 1. The predicted octanol–water partition coefficient (Wildman–Crippen LogP) is 0.328. The molecule has 7 heteroatoms. The second-order valence-corrected chi connectivity index (χ2v) is 3.95. The number of imide groups is 1. The Kier molecular flexibility index (Phi) is 3.65. The Morgan fingerprint density at radius 3 is 2.74 bits per heavy atom. The monoisotopic (exact) mass is 264 g/mol. The molecule has 1 fully saturated rings. The number of amides is 3. The Hall–Kier alpha value is -2.57. The second kappa shape index (κ2) is 5.38. The first-order chi connectivity index (χ1) is 9.04. The van der Waals surface area contributed by atoms with Crippen LogP contribution in [0.4, 0.5) is 4.79 Å². The molecule has 1 aromatic rings. The summed E-state index contributed by atoms with van der Waals surface area (Å²) in [4.78, 5) is 33.1. The van der Waals surface area contributed by atoms with Crippen molar-refractivity contribution >= 4 is 17.9 Å². The first kappa shape index (κ1) is 12.9. The van der Waals surface area contributed by atoms with Crippen LogP contribution in [0.15, 0.2) is 24.3 Å². The number of nitrogens with one attached hydrogen (secondary N) is 1. The number of hydrogen-bond acceptors (Lipinski definition) is 5. The Morgan fingerprint density at radius 1 is 1.32 bits per heavy atom. The summed E-state index contributed by atoms with van der Waals surface area (Å²) in [6.07, 6.45) is -1.13. The Morgan fingerprint density at radius 2 is 2.05 bits per heavy atom. The minimum absolute atomic E-state index is 0.220. The minimum atomic E-state index is -0.932. The SMILES string of the molecule is NC(=O)Oc1cccc(OC2CCC(=O)NC2=O)c1. The predicted molar refractivity (Wildman–Crippen MR) is 63.5 cm³/mol. The number of carbonyl (C=O) groups excluding carboxylic acids is 3. The van der Waals surface area contributed by atoms with E-state index in [9.17, 15) is 14.4 Å². The minimum Gasteiger partial charge on any atom is -0.480 e. The maximum absolute atomic E-state index is 11.5. The van der Waals surface area contributed by atoms with Crippen molar-refractivity contribution in [1.82, 2.24) is 5.32 Å². The molecule has 7 nitrogen and oxygen atoms in total. The highest BCUT2D eigenvalue weighted by atomic mass is 16.5. The largest absolute Gasteiger partial charge is 0.480 e. The molecule has 0 aliphatic carbocycles. The van der Waals surface area contributed by atoms with Crippen molar-refractivity contribution in [3.05, 3.63) is 24.3 Å². The summed E-state index contributed by atoms with van der Waals surface area (Å²) < 4.78 is 10.1. The van der Waals surface area contributed by atoms with Crippen molar-refractivity contribution in [3.8, 4) is 11.5 Å². The maximum Gasteiger partial charge on any atom is 0.409 e. The third-order valence-electron chi connectivity index (χ3n) is 2.49. The molecular weight excluding hydrogens is 252 g/mol. The van der Waals surface area contributed by atoms with E-state index in [1.807, 2.05) is 0 Å². The summed E-state index contributed by atoms with van der Waals surface area (Å²) in [6, 6.07) is 6.17. The molecule has 1 atom stereocenters. The quantitative estimate of drug-likeness (QED) is 0.765. The third kappa shape index (κ3) is 3.44. The molecule has 0 radical (unpaired) electrons. The molecule has 100 valence electrons. The number of ether oxygens (including phenoxy) is 2. The van der Waals surface area contributed by atoms with Crippen LogP contribution >= 0.6 is 0 Å². The summed E-state index contributed by atoms with van der Waals surface area (Å²) in [5.74, 6) is -0.210. The first-order valence-electron chi connectivity index (χ1n) is 5.62. The molecule has 2 rings (SSSR count). The number of hydrogen-bond donors (Lipinski definition) is 2. The first-order valence-corrected chi connectivity index (χ1v) is 5.62. The molecule has 0 saturated carbocycles. The zero-order valence-electron chi connectivity index (χ0n) is 9.92. The van der Waals surface area contributed by atoms with E-state index in [4.69, 9.17) is 15.2 Å². The fourth-order valence-electron chi connectivity index (χ4n) is 1.68. The lowest BCUT2D eigenvalue weighted by Gasteiger charge is -2.22. The van der Waals surface area contributed by atoms with Crippen molar-refractivity contribution in [3.63, 3.8) is 0 Å². The van der Waals surface area contributed by atoms with Gasteiger partial charge in [0.05, 0.1) is 0 Å². The average Bonchev–Trinajstić information content (AvgIpc) is 2.32. The molecule has 1 unspecified atom stereocenters. The zero-order chi connectivity index (χ0) is 13.8. The van der Waals surface area contributed by atoms with Gasteiger partial charge in [-0.3, -0.25) is 14.9 Å². The molecule has 3 amide bonds. The molecule has 1 aromatic carbocycles. The number of nitrogens with two attached hydrogens (primary N) is 1. The van der Waals surface area contributed by atoms with Gasteiger partial charge in [0.25, 0.3) is 5.91 Å². The highest BCUT2D eigenvalue weighted by Gasteiger charge is 2.28. The lowest BCUT2D eigenvalue weighted by atomic mass is 10.1. The van der Waals surface area contributed by atoms with Crippen LogP contribution in [0.25, 0.3) is 0 Å². The molecule has 1 saturated heterocycles. The van der Waals surface area contributed by atoms with E-state index < -0.39 is 18.1 Å². The van der Waals surface area contributed by atoms with E-state index in [1.165, 1.54) is 12.1 Å². The lowest BCUT2D eigenvalue weighted by molar-refractivity contribution is -0.138. The molecule has 0 bridgehead atoms. The highest BCUT2D eigenvalue weighted by Crippen LogP contribution is 2.22. The van der Waals surface area contributed by atoms with Gasteiger partial charge in [0.15, 0.2) is 6.10 Å². The van der Waals surface area contributed by atoms with Gasteiger partial charge in [0, 0.05) is 18.9 Å². The van der Waals surface area contributed by atoms with Crippen molar-refractivity contribution in [2.75, 3.05) is 0 Å². The average molecular weight is 264 g/mol. The van der Waals surface area contributed by atoms with Crippen LogP contribution in [-0.4, -0.2) is 24.0 Å². The number of rotatable bonds is 3.